The Kier molecular flexibility index (Phi) is 84.8. The van der Waals surface area contributed by atoms with E-state index in [0.717, 1.165) is 57.8 Å². The average Bonchev–Trinajstić information content (AvgIpc) is 1.77. The zero-order valence-corrected chi connectivity index (χ0v) is 66.3. The van der Waals surface area contributed by atoms with Gasteiger partial charge >= 0.3 is 5.97 Å². The Hall–Kier alpha value is -2.44. The summed E-state index contributed by atoms with van der Waals surface area (Å²) >= 11 is 0. The van der Waals surface area contributed by atoms with E-state index in [4.69, 9.17) is 4.74 Å². The van der Waals surface area contributed by atoms with Gasteiger partial charge in [0.2, 0.25) is 5.91 Å². The first-order valence-electron chi connectivity index (χ1n) is 44.6. The monoisotopic (exact) mass is 1370 g/mol. The van der Waals surface area contributed by atoms with Crippen molar-refractivity contribution < 1.29 is 24.5 Å². The second kappa shape index (κ2) is 87.0. The molecule has 0 saturated heterocycles. The largest absolute Gasteiger partial charge is 0.466 e. The Morgan fingerprint density at radius 2 is 0.510 bits per heavy atom. The molecule has 0 aromatic rings. The topological polar surface area (TPSA) is 95.9 Å². The smallest absolute Gasteiger partial charge is 0.305 e. The molecule has 0 radical (unpaired) electrons. The Balaban J connectivity index is 3.38. The van der Waals surface area contributed by atoms with Crippen LogP contribution < -0.4 is 5.32 Å². The van der Waals surface area contributed by atoms with Crippen molar-refractivity contribution in [2.24, 2.45) is 0 Å². The fourth-order valence-electron chi connectivity index (χ4n) is 14.0. The van der Waals surface area contributed by atoms with Crippen molar-refractivity contribution in [3.8, 4) is 0 Å². The molecule has 0 aliphatic rings. The number of ether oxygens (including phenoxy) is 1. The number of rotatable bonds is 84. The third-order valence-electron chi connectivity index (χ3n) is 20.8. The molecule has 576 valence electrons. The van der Waals surface area contributed by atoms with Crippen LogP contribution in [0.2, 0.25) is 0 Å². The van der Waals surface area contributed by atoms with Crippen LogP contribution in [0.4, 0.5) is 0 Å². The molecule has 0 aliphatic carbocycles. The zero-order valence-electron chi connectivity index (χ0n) is 66.3. The number of carbonyl (C=O) groups is 2. The van der Waals surface area contributed by atoms with E-state index >= 15 is 0 Å². The van der Waals surface area contributed by atoms with Crippen LogP contribution in [-0.2, 0) is 14.3 Å². The molecule has 0 aromatic heterocycles. The van der Waals surface area contributed by atoms with Gasteiger partial charge in [0.25, 0.3) is 0 Å². The number of allylic oxidation sites excluding steroid dienone is 9. The molecule has 0 fully saturated rings. The molecule has 6 nitrogen and oxygen atoms in total. The van der Waals surface area contributed by atoms with Crippen molar-refractivity contribution in [1.82, 2.24) is 5.32 Å². The molecule has 0 aromatic carbocycles. The summed E-state index contributed by atoms with van der Waals surface area (Å²) in [6.45, 7) is 4.93. The summed E-state index contributed by atoms with van der Waals surface area (Å²) < 4.78 is 5.52. The van der Waals surface area contributed by atoms with Crippen LogP contribution in [0.25, 0.3) is 0 Å². The zero-order chi connectivity index (χ0) is 70.5. The minimum atomic E-state index is -0.845. The fourth-order valence-corrected chi connectivity index (χ4v) is 14.0. The van der Waals surface area contributed by atoms with E-state index in [0.29, 0.717) is 19.4 Å². The molecule has 6 heteroatoms. The maximum atomic E-state index is 12.6. The number of aliphatic hydroxyl groups excluding tert-OH is 2. The summed E-state index contributed by atoms with van der Waals surface area (Å²) in [5.41, 5.74) is 0. The molecular formula is C92H173NO5. The molecule has 0 rings (SSSR count). The van der Waals surface area contributed by atoms with Gasteiger partial charge < -0.3 is 20.3 Å². The molecule has 1 amide bonds. The molecule has 0 heterocycles. The lowest BCUT2D eigenvalue weighted by molar-refractivity contribution is -0.143. The van der Waals surface area contributed by atoms with Crippen molar-refractivity contribution in [3.63, 3.8) is 0 Å². The van der Waals surface area contributed by atoms with Gasteiger partial charge in [0.15, 0.2) is 0 Å². The van der Waals surface area contributed by atoms with Gasteiger partial charge in [0.1, 0.15) is 0 Å². The summed E-state index contributed by atoms with van der Waals surface area (Å²) in [6.07, 6.45) is 118. The van der Waals surface area contributed by atoms with Crippen molar-refractivity contribution in [3.05, 3.63) is 60.8 Å². The molecule has 0 bridgehead atoms. The van der Waals surface area contributed by atoms with Crippen molar-refractivity contribution in [2.75, 3.05) is 13.2 Å². The molecule has 2 unspecified atom stereocenters. The van der Waals surface area contributed by atoms with Crippen molar-refractivity contribution >= 4 is 11.9 Å². The number of unbranched alkanes of at least 4 members (excludes halogenated alkanes) is 65. The first-order valence-corrected chi connectivity index (χ1v) is 44.6. The second-order valence-electron chi connectivity index (χ2n) is 30.6. The Morgan fingerprint density at radius 1 is 0.286 bits per heavy atom. The van der Waals surface area contributed by atoms with Gasteiger partial charge in [-0.05, 0) is 96.3 Å². The maximum absolute atomic E-state index is 12.6. The lowest BCUT2D eigenvalue weighted by atomic mass is 10.0. The van der Waals surface area contributed by atoms with Gasteiger partial charge in [-0.1, -0.05) is 441 Å². The summed E-state index contributed by atoms with van der Waals surface area (Å²) in [7, 11) is 0. The van der Waals surface area contributed by atoms with Gasteiger partial charge in [-0.25, -0.2) is 0 Å². The van der Waals surface area contributed by atoms with Crippen LogP contribution in [0.1, 0.15) is 489 Å². The summed E-state index contributed by atoms with van der Waals surface area (Å²) in [5.74, 6) is -0.0447. The number of amides is 1. The lowest BCUT2D eigenvalue weighted by Gasteiger charge is -2.20. The van der Waals surface area contributed by atoms with E-state index in [1.165, 1.54) is 405 Å². The predicted molar refractivity (Wildman–Crippen MR) is 435 cm³/mol. The Morgan fingerprint density at radius 3 is 0.796 bits per heavy atom. The molecule has 3 N–H and O–H groups in total. The number of esters is 1. The summed E-state index contributed by atoms with van der Waals surface area (Å²) in [5, 5.41) is 23.3. The number of hydrogen-bond acceptors (Lipinski definition) is 5. The number of nitrogens with one attached hydrogen (secondary N) is 1. The SMILES string of the molecule is CCCCC/C=C\C/C=C\CCCCCCCCCCCC(=O)OCCCCCCCCCCCCCCC/C=C\C/C=C\CCCCCCCCCCCCCCCCCCCC(=O)NC(CO)C(O)/C=C/CCCCCCCCCCCCCCCCCCCCCCCCC. The number of aliphatic hydroxyl groups is 2. The minimum absolute atomic E-state index is 0.0154. The first kappa shape index (κ1) is 95.6. The third kappa shape index (κ3) is 82.5. The normalized spacial score (nSPS) is 12.7. The summed E-state index contributed by atoms with van der Waals surface area (Å²) in [4.78, 5) is 24.7. The Bertz CT molecular complexity index is 1680. The first-order chi connectivity index (χ1) is 48.5. The minimum Gasteiger partial charge on any atom is -0.466 e. The van der Waals surface area contributed by atoms with Gasteiger partial charge in [0.05, 0.1) is 25.4 Å². The standard InChI is InChI=1S/C92H173NO5/c1-3-5-7-9-11-13-15-17-19-21-23-24-25-39-42-45-49-52-56-60-64-68-72-76-80-84-90(95)89(88-94)93-91(96)85-81-77-73-69-65-61-57-53-50-46-43-40-37-35-33-31-29-27-26-28-30-32-34-36-38-41-44-47-51-55-59-63-67-71-75-79-83-87-98-92(97)86-82-78-74-70-66-62-58-54-48-22-20-18-16-14-12-10-8-6-4-2/h12,14,18,20,26,28,32,34,80,84,89-90,94-95H,3-11,13,15-17,19,21-25,27,29-31,33,35-79,81-83,85-88H2,1-2H3,(H,93,96)/b14-12-,20-18-,28-26-,34-32-,84-80+. The molecule has 0 saturated carbocycles. The number of carbonyl (C=O) groups excluding carboxylic acids is 2. The average molecular weight is 1370 g/mol. The van der Waals surface area contributed by atoms with Crippen LogP contribution in [0.15, 0.2) is 60.8 Å². The Labute approximate surface area is 613 Å². The van der Waals surface area contributed by atoms with Gasteiger partial charge in [0, 0.05) is 12.8 Å². The van der Waals surface area contributed by atoms with Crippen LogP contribution in [0.5, 0.6) is 0 Å². The van der Waals surface area contributed by atoms with Crippen molar-refractivity contribution in [2.45, 2.75) is 501 Å². The van der Waals surface area contributed by atoms with Crippen LogP contribution in [0.3, 0.4) is 0 Å². The highest BCUT2D eigenvalue weighted by Crippen LogP contribution is 2.20. The van der Waals surface area contributed by atoms with Crippen molar-refractivity contribution in [1.29, 1.82) is 0 Å². The van der Waals surface area contributed by atoms with E-state index in [1.54, 1.807) is 6.08 Å². The molecule has 98 heavy (non-hydrogen) atoms. The third-order valence-corrected chi connectivity index (χ3v) is 20.8. The molecule has 2 atom stereocenters. The fraction of sp³-hybridized carbons (Fsp3) is 0.870. The molecule has 0 aliphatic heterocycles. The number of hydrogen-bond donors (Lipinski definition) is 3. The molecular weight excluding hydrogens is 1200 g/mol. The molecule has 0 spiro atoms. The highest BCUT2D eigenvalue weighted by Gasteiger charge is 2.18. The second-order valence-corrected chi connectivity index (χ2v) is 30.6. The summed E-state index contributed by atoms with van der Waals surface area (Å²) in [6, 6.07) is -0.628. The van der Waals surface area contributed by atoms with Gasteiger partial charge in [-0.15, -0.1) is 0 Å². The van der Waals surface area contributed by atoms with E-state index in [1.807, 2.05) is 6.08 Å². The van der Waals surface area contributed by atoms with Crippen LogP contribution in [-0.4, -0.2) is 47.4 Å². The van der Waals surface area contributed by atoms with Crippen LogP contribution in [0, 0.1) is 0 Å². The highest BCUT2D eigenvalue weighted by atomic mass is 16.5. The van der Waals surface area contributed by atoms with E-state index < -0.39 is 12.1 Å². The van der Waals surface area contributed by atoms with E-state index in [-0.39, 0.29) is 18.5 Å². The van der Waals surface area contributed by atoms with E-state index in [2.05, 4.69) is 67.8 Å². The lowest BCUT2D eigenvalue weighted by Crippen LogP contribution is -2.45. The van der Waals surface area contributed by atoms with Gasteiger partial charge in [-0.2, -0.15) is 0 Å². The maximum Gasteiger partial charge on any atom is 0.305 e. The van der Waals surface area contributed by atoms with E-state index in [9.17, 15) is 19.8 Å². The van der Waals surface area contributed by atoms with Crippen LogP contribution >= 0.6 is 0 Å². The predicted octanol–water partition coefficient (Wildman–Crippen LogP) is 30.1. The quantitative estimate of drug-likeness (QED) is 0.0320. The highest BCUT2D eigenvalue weighted by molar-refractivity contribution is 5.76. The van der Waals surface area contributed by atoms with Gasteiger partial charge in [-0.3, -0.25) is 9.59 Å².